The fourth-order valence-corrected chi connectivity index (χ4v) is 2.99. The van der Waals surface area contributed by atoms with Crippen LogP contribution in [0.15, 0.2) is 30.3 Å². The SMILES string of the molecule is CCN(CC1CCCCN1)CC(C(=O)O)c1ccccc1. The Kier molecular flexibility index (Phi) is 6.21. The van der Waals surface area contributed by atoms with Crippen molar-refractivity contribution in [2.45, 2.75) is 38.1 Å². The van der Waals surface area contributed by atoms with Crippen molar-refractivity contribution < 1.29 is 9.90 Å². The topological polar surface area (TPSA) is 52.6 Å². The van der Waals surface area contributed by atoms with Gasteiger partial charge in [-0.25, -0.2) is 0 Å². The van der Waals surface area contributed by atoms with Crippen LogP contribution in [0.2, 0.25) is 0 Å². The van der Waals surface area contributed by atoms with Gasteiger partial charge in [0, 0.05) is 19.1 Å². The van der Waals surface area contributed by atoms with Crippen molar-refractivity contribution in [1.82, 2.24) is 10.2 Å². The summed E-state index contributed by atoms with van der Waals surface area (Å²) >= 11 is 0. The zero-order valence-electron chi connectivity index (χ0n) is 12.8. The van der Waals surface area contributed by atoms with Crippen molar-refractivity contribution in [2.24, 2.45) is 0 Å². The second-order valence-corrected chi connectivity index (χ2v) is 5.80. The Morgan fingerprint density at radius 2 is 2.14 bits per heavy atom. The molecule has 2 rings (SSSR count). The number of rotatable bonds is 7. The van der Waals surface area contributed by atoms with Crippen molar-refractivity contribution in [3.05, 3.63) is 35.9 Å². The minimum Gasteiger partial charge on any atom is -0.481 e. The predicted molar refractivity (Wildman–Crippen MR) is 84.6 cm³/mol. The van der Waals surface area contributed by atoms with Gasteiger partial charge in [0.05, 0.1) is 5.92 Å². The van der Waals surface area contributed by atoms with Crippen LogP contribution >= 0.6 is 0 Å². The van der Waals surface area contributed by atoms with Crippen LogP contribution in [0, 0.1) is 0 Å². The van der Waals surface area contributed by atoms with Crippen molar-refractivity contribution in [3.63, 3.8) is 0 Å². The van der Waals surface area contributed by atoms with E-state index in [4.69, 9.17) is 0 Å². The smallest absolute Gasteiger partial charge is 0.312 e. The van der Waals surface area contributed by atoms with E-state index in [1.54, 1.807) is 0 Å². The largest absolute Gasteiger partial charge is 0.481 e. The van der Waals surface area contributed by atoms with Crippen molar-refractivity contribution >= 4 is 5.97 Å². The van der Waals surface area contributed by atoms with Gasteiger partial charge in [0.2, 0.25) is 0 Å². The molecule has 1 aliphatic rings. The van der Waals surface area contributed by atoms with E-state index in [2.05, 4.69) is 17.1 Å². The summed E-state index contributed by atoms with van der Waals surface area (Å²) in [7, 11) is 0. The standard InChI is InChI=1S/C17H26N2O2/c1-2-19(12-15-10-6-7-11-18-15)13-16(17(20)21)14-8-4-3-5-9-14/h3-5,8-9,15-16,18H,2,6-7,10-13H2,1H3,(H,20,21). The highest BCUT2D eigenvalue weighted by Gasteiger charge is 2.24. The molecule has 2 atom stereocenters. The van der Waals surface area contributed by atoms with E-state index in [9.17, 15) is 9.90 Å². The molecule has 4 heteroatoms. The third kappa shape index (κ3) is 4.83. The van der Waals surface area contributed by atoms with E-state index < -0.39 is 11.9 Å². The molecule has 1 heterocycles. The van der Waals surface area contributed by atoms with E-state index in [1.807, 2.05) is 30.3 Å². The monoisotopic (exact) mass is 290 g/mol. The zero-order chi connectivity index (χ0) is 15.1. The molecule has 21 heavy (non-hydrogen) atoms. The van der Waals surface area contributed by atoms with Gasteiger partial charge < -0.3 is 15.3 Å². The Morgan fingerprint density at radius 3 is 2.71 bits per heavy atom. The Morgan fingerprint density at radius 1 is 1.38 bits per heavy atom. The van der Waals surface area contributed by atoms with Gasteiger partial charge in [-0.15, -0.1) is 0 Å². The highest BCUT2D eigenvalue weighted by atomic mass is 16.4. The Bertz CT molecular complexity index is 430. The third-order valence-corrected chi connectivity index (χ3v) is 4.28. The van der Waals surface area contributed by atoms with E-state index in [-0.39, 0.29) is 0 Å². The molecular formula is C17H26N2O2. The molecule has 2 unspecified atom stereocenters. The maximum Gasteiger partial charge on any atom is 0.312 e. The van der Waals surface area contributed by atoms with Gasteiger partial charge in [0.15, 0.2) is 0 Å². The maximum atomic E-state index is 11.6. The molecule has 1 fully saturated rings. The fourth-order valence-electron chi connectivity index (χ4n) is 2.99. The number of hydrogen-bond donors (Lipinski definition) is 2. The number of nitrogens with one attached hydrogen (secondary N) is 1. The molecule has 0 bridgehead atoms. The van der Waals surface area contributed by atoms with Crippen LogP contribution in [0.5, 0.6) is 0 Å². The predicted octanol–water partition coefficient (Wildman–Crippen LogP) is 2.32. The van der Waals surface area contributed by atoms with Crippen LogP contribution in [0.4, 0.5) is 0 Å². The Hall–Kier alpha value is -1.39. The normalized spacial score (nSPS) is 20.4. The third-order valence-electron chi connectivity index (χ3n) is 4.28. The minimum atomic E-state index is -0.740. The molecule has 4 nitrogen and oxygen atoms in total. The summed E-state index contributed by atoms with van der Waals surface area (Å²) in [6.45, 7) is 5.59. The lowest BCUT2D eigenvalue weighted by molar-refractivity contribution is -0.139. The molecule has 0 saturated carbocycles. The number of likely N-dealkylation sites (N-methyl/N-ethyl adjacent to an activating group) is 1. The van der Waals surface area contributed by atoms with Crippen LogP contribution in [-0.4, -0.2) is 48.2 Å². The molecule has 1 aliphatic heterocycles. The first-order valence-electron chi connectivity index (χ1n) is 7.94. The minimum absolute atomic E-state index is 0.449. The van der Waals surface area contributed by atoms with Crippen LogP contribution in [0.3, 0.4) is 0 Å². The average Bonchev–Trinajstić information content (AvgIpc) is 2.52. The van der Waals surface area contributed by atoms with E-state index >= 15 is 0 Å². The molecule has 1 aromatic carbocycles. The number of carbonyl (C=O) groups is 1. The van der Waals surface area contributed by atoms with E-state index in [1.165, 1.54) is 19.3 Å². The molecule has 1 aromatic rings. The van der Waals surface area contributed by atoms with Crippen molar-refractivity contribution in [1.29, 1.82) is 0 Å². The lowest BCUT2D eigenvalue weighted by Crippen LogP contribution is -2.45. The first-order chi connectivity index (χ1) is 10.2. The lowest BCUT2D eigenvalue weighted by atomic mass is 9.98. The second-order valence-electron chi connectivity index (χ2n) is 5.80. The number of hydrogen-bond acceptors (Lipinski definition) is 3. The maximum absolute atomic E-state index is 11.6. The molecule has 0 radical (unpaired) electrons. The molecule has 1 saturated heterocycles. The summed E-state index contributed by atoms with van der Waals surface area (Å²) in [5.41, 5.74) is 0.889. The molecule has 2 N–H and O–H groups in total. The van der Waals surface area contributed by atoms with E-state index in [0.717, 1.165) is 25.2 Å². The van der Waals surface area contributed by atoms with Crippen molar-refractivity contribution in [2.75, 3.05) is 26.2 Å². The number of carboxylic acid groups (broad SMARTS) is 1. The summed E-state index contributed by atoms with van der Waals surface area (Å²) in [6, 6.07) is 10.1. The van der Waals surface area contributed by atoms with Crippen LogP contribution in [0.1, 0.15) is 37.7 Å². The molecular weight excluding hydrogens is 264 g/mol. The molecule has 0 aliphatic carbocycles. The summed E-state index contributed by atoms with van der Waals surface area (Å²) in [6.07, 6.45) is 3.72. The molecule has 0 aromatic heterocycles. The quantitative estimate of drug-likeness (QED) is 0.809. The number of piperidine rings is 1. The number of aliphatic carboxylic acids is 1. The van der Waals surface area contributed by atoms with Crippen LogP contribution in [-0.2, 0) is 4.79 Å². The summed E-state index contributed by atoms with van der Waals surface area (Å²) < 4.78 is 0. The van der Waals surface area contributed by atoms with Gasteiger partial charge in [-0.1, -0.05) is 43.7 Å². The number of benzene rings is 1. The summed E-state index contributed by atoms with van der Waals surface area (Å²) in [4.78, 5) is 13.9. The second kappa shape index (κ2) is 8.15. The molecule has 0 spiro atoms. The zero-order valence-corrected chi connectivity index (χ0v) is 12.8. The first-order valence-corrected chi connectivity index (χ1v) is 7.94. The highest BCUT2D eigenvalue weighted by Crippen LogP contribution is 2.18. The van der Waals surface area contributed by atoms with Gasteiger partial charge in [-0.3, -0.25) is 4.79 Å². The van der Waals surface area contributed by atoms with Crippen LogP contribution in [0.25, 0.3) is 0 Å². The Balaban J connectivity index is 1.98. The Labute approximate surface area is 127 Å². The fraction of sp³-hybridized carbons (Fsp3) is 0.588. The summed E-state index contributed by atoms with van der Waals surface area (Å²) in [5.74, 6) is -1.19. The summed E-state index contributed by atoms with van der Waals surface area (Å²) in [5, 5.41) is 13.1. The molecule has 0 amide bonds. The van der Waals surface area contributed by atoms with Gasteiger partial charge in [0.25, 0.3) is 0 Å². The van der Waals surface area contributed by atoms with Gasteiger partial charge in [-0.05, 0) is 31.5 Å². The number of nitrogens with zero attached hydrogens (tertiary/aromatic N) is 1. The van der Waals surface area contributed by atoms with Gasteiger partial charge in [-0.2, -0.15) is 0 Å². The highest BCUT2D eigenvalue weighted by molar-refractivity contribution is 5.76. The van der Waals surface area contributed by atoms with E-state index in [0.29, 0.717) is 12.6 Å². The van der Waals surface area contributed by atoms with Crippen molar-refractivity contribution in [3.8, 4) is 0 Å². The first kappa shape index (κ1) is 16.0. The van der Waals surface area contributed by atoms with Crippen LogP contribution < -0.4 is 5.32 Å². The number of carboxylic acids is 1. The lowest BCUT2D eigenvalue weighted by Gasteiger charge is -2.31. The van der Waals surface area contributed by atoms with Gasteiger partial charge in [0.1, 0.15) is 0 Å². The average molecular weight is 290 g/mol. The molecule has 116 valence electrons. The van der Waals surface area contributed by atoms with Gasteiger partial charge >= 0.3 is 5.97 Å².